The second kappa shape index (κ2) is 72.4. The number of hydrogen-bond donors (Lipinski definition) is 0. The molecular weight excluding hydrogens is 1020 g/mol. The largest absolute Gasteiger partial charge is 0.462 e. The summed E-state index contributed by atoms with van der Waals surface area (Å²) in [6, 6.07) is 0. The molecule has 0 saturated heterocycles. The van der Waals surface area contributed by atoms with Gasteiger partial charge in [-0.25, -0.2) is 0 Å². The maximum atomic E-state index is 13.0. The first kappa shape index (κ1) is 80.9. The first-order valence-corrected chi connectivity index (χ1v) is 37.8. The van der Waals surface area contributed by atoms with Crippen molar-refractivity contribution in [2.24, 2.45) is 0 Å². The van der Waals surface area contributed by atoms with E-state index in [4.69, 9.17) is 14.2 Å². The molecule has 0 amide bonds. The molecule has 0 aliphatic carbocycles. The van der Waals surface area contributed by atoms with Gasteiger partial charge in [0.1, 0.15) is 13.2 Å². The van der Waals surface area contributed by atoms with Crippen LogP contribution < -0.4 is 0 Å². The van der Waals surface area contributed by atoms with E-state index in [2.05, 4.69) is 45.1 Å². The van der Waals surface area contributed by atoms with Gasteiger partial charge >= 0.3 is 17.9 Å². The van der Waals surface area contributed by atoms with Crippen molar-refractivity contribution in [3.63, 3.8) is 0 Å². The molecule has 0 N–H and O–H groups in total. The third kappa shape index (κ3) is 70.5. The maximum absolute atomic E-state index is 13.0. The predicted octanol–water partition coefficient (Wildman–Crippen LogP) is 26.1. The van der Waals surface area contributed by atoms with Crippen molar-refractivity contribution in [3.05, 3.63) is 24.3 Å². The Morgan fingerprint density at radius 1 is 0.241 bits per heavy atom. The first-order valence-electron chi connectivity index (χ1n) is 37.8. The average molecular weight is 1170 g/mol. The predicted molar refractivity (Wildman–Crippen MR) is 363 cm³/mol. The van der Waals surface area contributed by atoms with Gasteiger partial charge in [-0.3, -0.25) is 14.4 Å². The Labute approximate surface area is 519 Å². The summed E-state index contributed by atoms with van der Waals surface area (Å²) in [6.45, 7) is 6.70. The van der Waals surface area contributed by atoms with E-state index >= 15 is 0 Å². The van der Waals surface area contributed by atoms with Crippen LogP contribution in [0.15, 0.2) is 24.3 Å². The molecule has 6 nitrogen and oxygen atoms in total. The number of allylic oxidation sites excluding steroid dienone is 4. The van der Waals surface area contributed by atoms with Crippen molar-refractivity contribution in [2.45, 2.75) is 438 Å². The minimum absolute atomic E-state index is 0.0690. The fourth-order valence-corrected chi connectivity index (χ4v) is 11.8. The lowest BCUT2D eigenvalue weighted by Crippen LogP contribution is -2.30. The SMILES string of the molecule is CCCCC/C=C\C/C=C\CCCCCCCC(=O)OCC(COC(=O)CCCCCCCCCCCCCCCCCCCCCCCCCCC)OC(=O)CCCCCCCCCCCCCCCCCCCCCCCCCCC. The smallest absolute Gasteiger partial charge is 0.306 e. The van der Waals surface area contributed by atoms with Crippen LogP contribution in [-0.2, 0) is 28.6 Å². The molecule has 1 unspecified atom stereocenters. The number of ether oxygens (including phenoxy) is 3. The molecule has 0 heterocycles. The van der Waals surface area contributed by atoms with E-state index < -0.39 is 6.10 Å². The summed E-state index contributed by atoms with van der Waals surface area (Å²) in [5.41, 5.74) is 0. The third-order valence-electron chi connectivity index (χ3n) is 17.5. The van der Waals surface area contributed by atoms with Gasteiger partial charge in [-0.1, -0.05) is 385 Å². The fourth-order valence-electron chi connectivity index (χ4n) is 11.8. The summed E-state index contributed by atoms with van der Waals surface area (Å²) in [6.07, 6.45) is 89.4. The van der Waals surface area contributed by atoms with E-state index in [-0.39, 0.29) is 31.1 Å². The Bertz CT molecular complexity index is 1340. The number of unbranched alkanes of at least 4 members (excludes halogenated alkanes) is 56. The van der Waals surface area contributed by atoms with Gasteiger partial charge in [-0.15, -0.1) is 0 Å². The summed E-state index contributed by atoms with van der Waals surface area (Å²) in [4.78, 5) is 38.5. The summed E-state index contributed by atoms with van der Waals surface area (Å²) in [7, 11) is 0. The second-order valence-corrected chi connectivity index (χ2v) is 25.9. The summed E-state index contributed by atoms with van der Waals surface area (Å²) in [5, 5.41) is 0. The van der Waals surface area contributed by atoms with Crippen LogP contribution in [-0.4, -0.2) is 37.2 Å². The topological polar surface area (TPSA) is 78.9 Å². The molecule has 0 spiro atoms. The lowest BCUT2D eigenvalue weighted by molar-refractivity contribution is -0.167. The summed E-state index contributed by atoms with van der Waals surface area (Å²) >= 11 is 0. The highest BCUT2D eigenvalue weighted by molar-refractivity contribution is 5.71. The lowest BCUT2D eigenvalue weighted by Gasteiger charge is -2.18. The minimum atomic E-state index is -0.775. The van der Waals surface area contributed by atoms with Gasteiger partial charge in [0.15, 0.2) is 6.10 Å². The quantitative estimate of drug-likeness (QED) is 0.0261. The molecule has 0 fully saturated rings. The molecule has 0 rings (SSSR count). The number of esters is 3. The van der Waals surface area contributed by atoms with Crippen LogP contribution in [0, 0.1) is 0 Å². The van der Waals surface area contributed by atoms with Crippen LogP contribution >= 0.6 is 0 Å². The van der Waals surface area contributed by atoms with Crippen LogP contribution in [0.4, 0.5) is 0 Å². The van der Waals surface area contributed by atoms with Gasteiger partial charge in [0.05, 0.1) is 0 Å². The van der Waals surface area contributed by atoms with Gasteiger partial charge in [0.25, 0.3) is 0 Å². The Hall–Kier alpha value is -2.11. The monoisotopic (exact) mass is 1170 g/mol. The van der Waals surface area contributed by atoms with E-state index in [1.807, 2.05) is 0 Å². The molecule has 0 radical (unpaired) electrons. The molecule has 0 aliphatic rings. The zero-order chi connectivity index (χ0) is 59.9. The third-order valence-corrected chi connectivity index (χ3v) is 17.5. The van der Waals surface area contributed by atoms with Crippen molar-refractivity contribution >= 4 is 17.9 Å². The van der Waals surface area contributed by atoms with Crippen LogP contribution in [0.1, 0.15) is 432 Å². The van der Waals surface area contributed by atoms with Crippen molar-refractivity contribution in [2.75, 3.05) is 13.2 Å². The van der Waals surface area contributed by atoms with Crippen LogP contribution in [0.25, 0.3) is 0 Å². The number of rotatable bonds is 71. The second-order valence-electron chi connectivity index (χ2n) is 25.9. The zero-order valence-corrected chi connectivity index (χ0v) is 56.5. The van der Waals surface area contributed by atoms with Gasteiger partial charge in [0, 0.05) is 19.3 Å². The normalized spacial score (nSPS) is 12.1. The Morgan fingerprint density at radius 3 is 0.687 bits per heavy atom. The van der Waals surface area contributed by atoms with E-state index in [9.17, 15) is 14.4 Å². The van der Waals surface area contributed by atoms with Gasteiger partial charge < -0.3 is 14.2 Å². The highest BCUT2D eigenvalue weighted by Crippen LogP contribution is 2.20. The highest BCUT2D eigenvalue weighted by Gasteiger charge is 2.20. The van der Waals surface area contributed by atoms with E-state index in [1.165, 1.54) is 315 Å². The summed E-state index contributed by atoms with van der Waals surface area (Å²) in [5.74, 6) is -0.847. The van der Waals surface area contributed by atoms with Gasteiger partial charge in [0.2, 0.25) is 0 Å². The molecule has 0 aromatic carbocycles. The highest BCUT2D eigenvalue weighted by atomic mass is 16.6. The van der Waals surface area contributed by atoms with Crippen molar-refractivity contribution < 1.29 is 28.6 Å². The average Bonchev–Trinajstić information content (AvgIpc) is 3.49. The fraction of sp³-hybridized carbons (Fsp3) is 0.909. The first-order chi connectivity index (χ1) is 41.0. The Morgan fingerprint density at radius 2 is 0.434 bits per heavy atom. The summed E-state index contributed by atoms with van der Waals surface area (Å²) < 4.78 is 17.0. The molecule has 0 saturated carbocycles. The molecular formula is C77H146O6. The van der Waals surface area contributed by atoms with Crippen LogP contribution in [0.2, 0.25) is 0 Å². The molecule has 0 aliphatic heterocycles. The van der Waals surface area contributed by atoms with E-state index in [0.29, 0.717) is 19.3 Å². The van der Waals surface area contributed by atoms with E-state index in [1.54, 1.807) is 0 Å². The van der Waals surface area contributed by atoms with Gasteiger partial charge in [-0.2, -0.15) is 0 Å². The Kier molecular flexibility index (Phi) is 70.5. The van der Waals surface area contributed by atoms with Crippen molar-refractivity contribution in [1.29, 1.82) is 0 Å². The number of carbonyl (C=O) groups is 3. The van der Waals surface area contributed by atoms with Crippen LogP contribution in [0.5, 0.6) is 0 Å². The molecule has 490 valence electrons. The standard InChI is InChI=1S/C77H146O6/c1-4-7-10-13-16-19-22-25-28-30-32-34-36-38-40-42-44-46-49-52-55-58-61-64-67-70-76(79)82-73-74(72-81-75(78)69-66-63-60-57-54-51-48-27-24-21-18-15-12-9-6-3)83-77(80)71-68-65-62-59-56-53-50-47-45-43-41-39-37-35-33-31-29-26-23-20-17-14-11-8-5-2/h18,21,27,48,74H,4-17,19-20,22-26,28-47,49-73H2,1-3H3/b21-18-,48-27-. The maximum Gasteiger partial charge on any atom is 0.306 e. The molecule has 0 bridgehead atoms. The Balaban J connectivity index is 4.23. The van der Waals surface area contributed by atoms with Crippen molar-refractivity contribution in [1.82, 2.24) is 0 Å². The molecule has 0 aromatic heterocycles. The number of hydrogen-bond acceptors (Lipinski definition) is 6. The molecule has 1 atom stereocenters. The lowest BCUT2D eigenvalue weighted by atomic mass is 10.0. The van der Waals surface area contributed by atoms with E-state index in [0.717, 1.165) is 77.0 Å². The molecule has 0 aromatic rings. The molecule has 6 heteroatoms. The minimum Gasteiger partial charge on any atom is -0.462 e. The van der Waals surface area contributed by atoms with Gasteiger partial charge in [-0.05, 0) is 51.4 Å². The zero-order valence-electron chi connectivity index (χ0n) is 56.5. The number of carbonyl (C=O) groups excluding carboxylic acids is 3. The molecule has 83 heavy (non-hydrogen) atoms. The van der Waals surface area contributed by atoms with Crippen molar-refractivity contribution in [3.8, 4) is 0 Å². The van der Waals surface area contributed by atoms with Crippen LogP contribution in [0.3, 0.4) is 0 Å².